The Kier molecular flexibility index (Phi) is 4.85. The number of fused-ring (bicyclic) bond motifs is 1. The van der Waals surface area contributed by atoms with Crippen molar-refractivity contribution in [3.05, 3.63) is 65.2 Å². The maximum Gasteiger partial charge on any atom is 0.322 e. The van der Waals surface area contributed by atoms with E-state index in [9.17, 15) is 9.59 Å². The van der Waals surface area contributed by atoms with Crippen molar-refractivity contribution >= 4 is 34.7 Å². The smallest absolute Gasteiger partial charge is 0.322 e. The molecule has 7 nitrogen and oxygen atoms in total. The molecule has 1 saturated heterocycles. The molecule has 2 fully saturated rings. The molecule has 3 aromatic rings. The van der Waals surface area contributed by atoms with Crippen molar-refractivity contribution in [1.29, 1.82) is 0 Å². The van der Waals surface area contributed by atoms with Gasteiger partial charge in [0.1, 0.15) is 0 Å². The molecule has 3 heterocycles. The van der Waals surface area contributed by atoms with Crippen molar-refractivity contribution in [1.82, 2.24) is 14.7 Å². The number of urea groups is 1. The van der Waals surface area contributed by atoms with Crippen LogP contribution in [0.15, 0.2) is 48.8 Å². The largest absolute Gasteiger partial charge is 0.363 e. The minimum atomic E-state index is -0.591. The Morgan fingerprint density at radius 2 is 2.03 bits per heavy atom. The van der Waals surface area contributed by atoms with Crippen LogP contribution >= 0.6 is 11.6 Å². The van der Waals surface area contributed by atoms with E-state index in [2.05, 4.69) is 16.4 Å². The monoisotopic (exact) mass is 437 g/mol. The summed E-state index contributed by atoms with van der Waals surface area (Å²) in [6.07, 6.45) is 8.68. The molecule has 2 aromatic heterocycles. The number of nitrogens with one attached hydrogen (secondary N) is 1. The summed E-state index contributed by atoms with van der Waals surface area (Å²) in [5.74, 6) is -0.0234. The summed E-state index contributed by atoms with van der Waals surface area (Å²) in [7, 11) is 0. The van der Waals surface area contributed by atoms with E-state index in [-0.39, 0.29) is 11.9 Å². The van der Waals surface area contributed by atoms with Crippen LogP contribution in [0.1, 0.15) is 48.3 Å². The fourth-order valence-electron chi connectivity index (χ4n) is 5.24. The highest BCUT2D eigenvalue weighted by molar-refractivity contribution is 6.30. The van der Waals surface area contributed by atoms with E-state index in [1.165, 1.54) is 12.8 Å². The number of aromatic nitrogens is 2. The highest BCUT2D eigenvalue weighted by Crippen LogP contribution is 2.45. The van der Waals surface area contributed by atoms with Gasteiger partial charge in [0.05, 0.1) is 17.3 Å². The molecule has 1 aliphatic carbocycles. The van der Waals surface area contributed by atoms with Crippen molar-refractivity contribution in [2.75, 3.05) is 11.4 Å². The lowest BCUT2D eigenvalue weighted by molar-refractivity contribution is 0.0990. The van der Waals surface area contributed by atoms with Gasteiger partial charge < -0.3 is 11.1 Å². The van der Waals surface area contributed by atoms with Crippen LogP contribution in [0.4, 0.5) is 10.5 Å². The molecule has 1 aliphatic heterocycles. The third kappa shape index (κ3) is 3.33. The van der Waals surface area contributed by atoms with E-state index in [0.717, 1.165) is 30.5 Å². The first-order valence-electron chi connectivity index (χ1n) is 10.6. The normalized spacial score (nSPS) is 22.1. The van der Waals surface area contributed by atoms with Crippen LogP contribution in [-0.4, -0.2) is 27.9 Å². The maximum atomic E-state index is 13.4. The number of amides is 3. The van der Waals surface area contributed by atoms with Gasteiger partial charge in [-0.1, -0.05) is 36.6 Å². The lowest BCUT2D eigenvalue weighted by Crippen LogP contribution is -2.61. The second-order valence-corrected chi connectivity index (χ2v) is 8.86. The van der Waals surface area contributed by atoms with Crippen LogP contribution in [-0.2, 0) is 5.54 Å². The Balaban J connectivity index is 1.47. The van der Waals surface area contributed by atoms with Gasteiger partial charge in [-0.2, -0.15) is 0 Å². The predicted octanol–water partition coefficient (Wildman–Crippen LogP) is 4.09. The second-order valence-electron chi connectivity index (χ2n) is 8.42. The van der Waals surface area contributed by atoms with Crippen LogP contribution in [0.3, 0.4) is 0 Å². The van der Waals surface area contributed by atoms with Crippen LogP contribution in [0.2, 0.25) is 5.02 Å². The van der Waals surface area contributed by atoms with Gasteiger partial charge >= 0.3 is 6.03 Å². The summed E-state index contributed by atoms with van der Waals surface area (Å²) < 4.78 is 1.63. The van der Waals surface area contributed by atoms with Crippen molar-refractivity contribution in [3.63, 3.8) is 0 Å². The third-order valence-corrected chi connectivity index (χ3v) is 6.98. The number of nitrogens with zero attached hydrogens (tertiary/aromatic N) is 3. The zero-order valence-electron chi connectivity index (χ0n) is 17.1. The van der Waals surface area contributed by atoms with Gasteiger partial charge in [-0.25, -0.2) is 9.78 Å². The van der Waals surface area contributed by atoms with Gasteiger partial charge in [-0.05, 0) is 55.0 Å². The van der Waals surface area contributed by atoms with Crippen LogP contribution in [0, 0.1) is 5.92 Å². The maximum absolute atomic E-state index is 13.4. The number of anilines is 1. The first kappa shape index (κ1) is 19.9. The fraction of sp³-hybridized carbons (Fsp3) is 0.348. The molecule has 8 heteroatoms. The number of carbonyl (C=O) groups excluding carboxylic acids is 2. The van der Waals surface area contributed by atoms with Crippen molar-refractivity contribution in [3.8, 4) is 0 Å². The van der Waals surface area contributed by atoms with Crippen LogP contribution in [0.25, 0.3) is 5.52 Å². The fourth-order valence-corrected chi connectivity index (χ4v) is 5.43. The summed E-state index contributed by atoms with van der Waals surface area (Å²) in [5.41, 5.74) is 7.52. The Bertz CT molecular complexity index is 1170. The predicted molar refractivity (Wildman–Crippen MR) is 119 cm³/mol. The number of nitrogens with two attached hydrogens (primary N) is 1. The van der Waals surface area contributed by atoms with Gasteiger partial charge in [0.15, 0.2) is 0 Å². The summed E-state index contributed by atoms with van der Waals surface area (Å²) in [6, 6.07) is 11.4. The van der Waals surface area contributed by atoms with E-state index in [4.69, 9.17) is 17.3 Å². The van der Waals surface area contributed by atoms with Gasteiger partial charge in [0.2, 0.25) is 5.82 Å². The van der Waals surface area contributed by atoms with Gasteiger partial charge in [-0.15, -0.1) is 0 Å². The Hall–Kier alpha value is -3.06. The summed E-state index contributed by atoms with van der Waals surface area (Å²) in [4.78, 5) is 30.7. The Labute approximate surface area is 185 Å². The Morgan fingerprint density at radius 1 is 1.23 bits per heavy atom. The molecule has 0 spiro atoms. The minimum Gasteiger partial charge on any atom is -0.363 e. The topological polar surface area (TPSA) is 92.7 Å². The number of halogens is 1. The van der Waals surface area contributed by atoms with E-state index < -0.39 is 11.4 Å². The molecule has 1 atom stereocenters. The number of carbonyl (C=O) groups is 2. The van der Waals surface area contributed by atoms with E-state index >= 15 is 0 Å². The van der Waals surface area contributed by atoms with E-state index in [1.807, 2.05) is 30.3 Å². The van der Waals surface area contributed by atoms with Gasteiger partial charge in [0.25, 0.3) is 5.91 Å². The first-order valence-corrected chi connectivity index (χ1v) is 11.0. The standard InChI is InChI=1S/C23H24ClN5O2/c24-17-7-3-6-16(12-17)23(15-4-1-2-5-15)9-11-29(22(31)27-23)18-8-10-28-19(13-18)14-26-21(28)20(25)30/h3,6-8,10,12-15H,1-2,4-5,9,11H2,(H2,25,30)(H,27,31). The van der Waals surface area contributed by atoms with Crippen LogP contribution in [0.5, 0.6) is 0 Å². The molecule has 0 radical (unpaired) electrons. The second kappa shape index (κ2) is 7.57. The molecular formula is C23H24ClN5O2. The van der Waals surface area contributed by atoms with Gasteiger partial charge in [0, 0.05) is 23.5 Å². The average molecular weight is 438 g/mol. The van der Waals surface area contributed by atoms with E-state index in [1.54, 1.807) is 21.7 Å². The van der Waals surface area contributed by atoms with Crippen LogP contribution < -0.4 is 16.0 Å². The number of imidazole rings is 1. The minimum absolute atomic E-state index is 0.128. The molecule has 1 unspecified atom stereocenters. The number of hydrogen-bond donors (Lipinski definition) is 2. The molecule has 31 heavy (non-hydrogen) atoms. The molecule has 5 rings (SSSR count). The highest BCUT2D eigenvalue weighted by atomic mass is 35.5. The number of benzene rings is 1. The molecular weight excluding hydrogens is 414 g/mol. The Morgan fingerprint density at radius 3 is 2.74 bits per heavy atom. The highest BCUT2D eigenvalue weighted by Gasteiger charge is 2.46. The summed E-state index contributed by atoms with van der Waals surface area (Å²) in [5, 5.41) is 4.05. The lowest BCUT2D eigenvalue weighted by atomic mass is 9.73. The number of pyridine rings is 1. The number of rotatable bonds is 4. The molecule has 2 aliphatic rings. The van der Waals surface area contributed by atoms with E-state index in [0.29, 0.717) is 23.0 Å². The molecule has 3 N–H and O–H groups in total. The summed E-state index contributed by atoms with van der Waals surface area (Å²) >= 11 is 6.31. The number of hydrogen-bond acceptors (Lipinski definition) is 3. The zero-order valence-corrected chi connectivity index (χ0v) is 17.8. The van der Waals surface area contributed by atoms with Gasteiger partial charge in [-0.3, -0.25) is 14.1 Å². The SMILES string of the molecule is NC(=O)c1ncc2cc(N3CCC(c4cccc(Cl)c4)(C4CCCC4)NC3=O)ccn12. The quantitative estimate of drug-likeness (QED) is 0.643. The van der Waals surface area contributed by atoms with Crippen molar-refractivity contribution in [2.24, 2.45) is 11.7 Å². The van der Waals surface area contributed by atoms with Crippen molar-refractivity contribution in [2.45, 2.75) is 37.6 Å². The molecule has 1 aromatic carbocycles. The molecule has 160 valence electrons. The van der Waals surface area contributed by atoms with Crippen molar-refractivity contribution < 1.29 is 9.59 Å². The third-order valence-electron chi connectivity index (χ3n) is 6.74. The first-order chi connectivity index (χ1) is 15.0. The molecule has 0 bridgehead atoms. The molecule has 1 saturated carbocycles. The number of primary amides is 1. The zero-order chi connectivity index (χ0) is 21.6. The average Bonchev–Trinajstić information content (AvgIpc) is 3.43. The summed E-state index contributed by atoms with van der Waals surface area (Å²) in [6.45, 7) is 0.585. The lowest BCUT2D eigenvalue weighted by Gasteiger charge is -2.46. The molecule has 3 amide bonds.